The lowest BCUT2D eigenvalue weighted by molar-refractivity contribution is -0.136. The fourth-order valence-corrected chi connectivity index (χ4v) is 6.36. The van der Waals surface area contributed by atoms with E-state index in [9.17, 15) is 13.2 Å². The molecular formula is C24H35N3O4S. The van der Waals surface area contributed by atoms with Gasteiger partial charge in [0.05, 0.1) is 5.75 Å². The number of hydrogen-bond acceptors (Lipinski definition) is 4. The number of benzene rings is 1. The number of anilines is 1. The Labute approximate surface area is 191 Å². The van der Waals surface area contributed by atoms with Crippen LogP contribution in [0.4, 0.5) is 5.69 Å². The van der Waals surface area contributed by atoms with Gasteiger partial charge in [0.2, 0.25) is 15.9 Å². The predicted octanol–water partition coefficient (Wildman–Crippen LogP) is 3.85. The van der Waals surface area contributed by atoms with Crippen LogP contribution in [0, 0.1) is 5.92 Å². The largest absolute Gasteiger partial charge is 0.385 e. The molecular weight excluding hydrogens is 426 g/mol. The molecule has 1 aliphatic carbocycles. The summed E-state index contributed by atoms with van der Waals surface area (Å²) in [7, 11) is 0.184. The monoisotopic (exact) mass is 461 g/mol. The SMILES string of the molecule is COCCCS(=O)(=O)Nc1ccc2c(c1)c(C1CCN(C(=O)C3CCCC3)CC1)cn2C. The lowest BCUT2D eigenvalue weighted by Gasteiger charge is -2.33. The quantitative estimate of drug-likeness (QED) is 0.606. The molecule has 0 spiro atoms. The highest BCUT2D eigenvalue weighted by atomic mass is 32.2. The molecule has 0 unspecified atom stereocenters. The van der Waals surface area contributed by atoms with Crippen molar-refractivity contribution in [3.63, 3.8) is 0 Å². The van der Waals surface area contributed by atoms with Gasteiger partial charge in [-0.3, -0.25) is 9.52 Å². The molecule has 4 rings (SSSR count). The van der Waals surface area contributed by atoms with Gasteiger partial charge in [-0.25, -0.2) is 8.42 Å². The summed E-state index contributed by atoms with van der Waals surface area (Å²) in [6, 6.07) is 5.75. The molecule has 0 bridgehead atoms. The van der Waals surface area contributed by atoms with Crippen LogP contribution < -0.4 is 4.72 Å². The van der Waals surface area contributed by atoms with Gasteiger partial charge in [-0.05, 0) is 61.8 Å². The summed E-state index contributed by atoms with van der Waals surface area (Å²) in [6.07, 6.45) is 8.99. The molecule has 2 aliphatic rings. The fraction of sp³-hybridized carbons (Fsp3) is 0.625. The van der Waals surface area contributed by atoms with Crippen molar-refractivity contribution in [3.8, 4) is 0 Å². The number of sulfonamides is 1. The maximum Gasteiger partial charge on any atom is 0.232 e. The summed E-state index contributed by atoms with van der Waals surface area (Å²) in [4.78, 5) is 14.8. The van der Waals surface area contributed by atoms with Gasteiger partial charge in [0.1, 0.15) is 0 Å². The van der Waals surface area contributed by atoms with Gasteiger partial charge in [0.25, 0.3) is 0 Å². The second-order valence-electron chi connectivity index (χ2n) is 9.28. The number of ether oxygens (including phenoxy) is 1. The molecule has 1 N–H and O–H groups in total. The number of aromatic nitrogens is 1. The first-order valence-corrected chi connectivity index (χ1v) is 13.4. The van der Waals surface area contributed by atoms with Crippen LogP contribution in [-0.4, -0.2) is 56.4 Å². The summed E-state index contributed by atoms with van der Waals surface area (Å²) in [5.74, 6) is 1.00. The number of likely N-dealkylation sites (tertiary alicyclic amines) is 1. The zero-order chi connectivity index (χ0) is 22.7. The van der Waals surface area contributed by atoms with E-state index < -0.39 is 10.0 Å². The van der Waals surface area contributed by atoms with Gasteiger partial charge in [0, 0.05) is 62.6 Å². The van der Waals surface area contributed by atoms with E-state index in [4.69, 9.17) is 4.74 Å². The average molecular weight is 462 g/mol. The maximum absolute atomic E-state index is 12.8. The average Bonchev–Trinajstić information content (AvgIpc) is 3.42. The molecule has 1 aromatic carbocycles. The third-order valence-electron chi connectivity index (χ3n) is 7.01. The number of fused-ring (bicyclic) bond motifs is 1. The van der Waals surface area contributed by atoms with E-state index in [0.29, 0.717) is 30.5 Å². The first-order valence-electron chi connectivity index (χ1n) is 11.7. The molecule has 0 atom stereocenters. The normalized spacial score (nSPS) is 18.5. The topological polar surface area (TPSA) is 80.6 Å². The van der Waals surface area contributed by atoms with Crippen molar-refractivity contribution < 1.29 is 17.9 Å². The summed E-state index contributed by atoms with van der Waals surface area (Å²) in [5.41, 5.74) is 2.93. The molecule has 8 heteroatoms. The molecule has 1 aromatic heterocycles. The van der Waals surface area contributed by atoms with Crippen LogP contribution in [0.15, 0.2) is 24.4 Å². The number of piperidine rings is 1. The Morgan fingerprint density at radius 3 is 2.56 bits per heavy atom. The number of amides is 1. The van der Waals surface area contributed by atoms with Crippen molar-refractivity contribution in [2.75, 3.05) is 37.3 Å². The van der Waals surface area contributed by atoms with Crippen molar-refractivity contribution in [2.45, 2.75) is 50.9 Å². The summed E-state index contributed by atoms with van der Waals surface area (Å²) in [5, 5.41) is 1.09. The lowest BCUT2D eigenvalue weighted by atomic mass is 9.88. The molecule has 2 fully saturated rings. The molecule has 2 heterocycles. The number of carbonyl (C=O) groups excluding carboxylic acids is 1. The van der Waals surface area contributed by atoms with Crippen molar-refractivity contribution in [2.24, 2.45) is 13.0 Å². The summed E-state index contributed by atoms with van der Waals surface area (Å²) >= 11 is 0. The highest BCUT2D eigenvalue weighted by molar-refractivity contribution is 7.92. The third-order valence-corrected chi connectivity index (χ3v) is 8.38. The molecule has 1 amide bonds. The van der Waals surface area contributed by atoms with Gasteiger partial charge < -0.3 is 14.2 Å². The minimum absolute atomic E-state index is 0.0357. The maximum atomic E-state index is 12.8. The first kappa shape index (κ1) is 23.1. The Hall–Kier alpha value is -2.06. The van der Waals surface area contributed by atoms with Gasteiger partial charge >= 0.3 is 0 Å². The van der Waals surface area contributed by atoms with Gasteiger partial charge in [-0.2, -0.15) is 0 Å². The molecule has 1 saturated heterocycles. The highest BCUT2D eigenvalue weighted by Gasteiger charge is 2.31. The number of nitrogens with one attached hydrogen (secondary N) is 1. The van der Waals surface area contributed by atoms with Crippen molar-refractivity contribution in [1.29, 1.82) is 0 Å². The van der Waals surface area contributed by atoms with E-state index in [1.807, 2.05) is 25.2 Å². The van der Waals surface area contributed by atoms with E-state index >= 15 is 0 Å². The standard InChI is InChI=1S/C24H35N3O4S/c1-26-17-22(18-10-12-27(13-11-18)24(28)19-6-3-4-7-19)21-16-20(8-9-23(21)26)25-32(29,30)15-5-14-31-2/h8-9,16-19,25H,3-7,10-15H2,1-2H3. The zero-order valence-corrected chi connectivity index (χ0v) is 20.0. The van der Waals surface area contributed by atoms with Crippen LogP contribution in [0.3, 0.4) is 0 Å². The van der Waals surface area contributed by atoms with Crippen LogP contribution in [-0.2, 0) is 26.6 Å². The highest BCUT2D eigenvalue weighted by Crippen LogP contribution is 2.36. The van der Waals surface area contributed by atoms with E-state index in [1.54, 1.807) is 7.11 Å². The smallest absolute Gasteiger partial charge is 0.232 e. The minimum Gasteiger partial charge on any atom is -0.385 e. The van der Waals surface area contributed by atoms with E-state index in [-0.39, 0.29) is 11.7 Å². The van der Waals surface area contributed by atoms with Crippen LogP contribution in [0.5, 0.6) is 0 Å². The van der Waals surface area contributed by atoms with E-state index in [1.165, 1.54) is 18.4 Å². The summed E-state index contributed by atoms with van der Waals surface area (Å²) < 4.78 is 34.6. The fourth-order valence-electron chi connectivity index (χ4n) is 5.28. The van der Waals surface area contributed by atoms with E-state index in [0.717, 1.165) is 49.7 Å². The zero-order valence-electron chi connectivity index (χ0n) is 19.2. The Kier molecular flexibility index (Phi) is 7.10. The van der Waals surface area contributed by atoms with Crippen molar-refractivity contribution >= 4 is 32.5 Å². The predicted molar refractivity (Wildman–Crippen MR) is 127 cm³/mol. The summed E-state index contributed by atoms with van der Waals surface area (Å²) in [6.45, 7) is 2.04. The number of carbonyl (C=O) groups is 1. The molecule has 7 nitrogen and oxygen atoms in total. The van der Waals surface area contributed by atoms with Crippen LogP contribution in [0.1, 0.15) is 56.4 Å². The molecule has 2 aromatic rings. The number of methoxy groups -OCH3 is 1. The second kappa shape index (κ2) is 9.83. The van der Waals surface area contributed by atoms with Gasteiger partial charge in [-0.15, -0.1) is 0 Å². The number of aryl methyl sites for hydroxylation is 1. The molecule has 0 radical (unpaired) electrons. The number of hydrogen-bond donors (Lipinski definition) is 1. The number of nitrogens with zero attached hydrogens (tertiary/aromatic N) is 2. The number of rotatable bonds is 8. The Balaban J connectivity index is 1.47. The Morgan fingerprint density at radius 2 is 1.88 bits per heavy atom. The van der Waals surface area contributed by atoms with E-state index in [2.05, 4.69) is 20.4 Å². The molecule has 176 valence electrons. The lowest BCUT2D eigenvalue weighted by Crippen LogP contribution is -2.40. The van der Waals surface area contributed by atoms with Gasteiger partial charge in [-0.1, -0.05) is 12.8 Å². The molecule has 1 aliphatic heterocycles. The first-order chi connectivity index (χ1) is 15.4. The van der Waals surface area contributed by atoms with Gasteiger partial charge in [0.15, 0.2) is 0 Å². The Bertz CT molecular complexity index is 1050. The molecule has 32 heavy (non-hydrogen) atoms. The van der Waals surface area contributed by atoms with Crippen LogP contribution in [0.25, 0.3) is 10.9 Å². The van der Waals surface area contributed by atoms with Crippen LogP contribution in [0.2, 0.25) is 0 Å². The van der Waals surface area contributed by atoms with Crippen LogP contribution >= 0.6 is 0 Å². The van der Waals surface area contributed by atoms with Crippen molar-refractivity contribution in [1.82, 2.24) is 9.47 Å². The third kappa shape index (κ3) is 5.12. The minimum atomic E-state index is -3.41. The Morgan fingerprint density at radius 1 is 1.16 bits per heavy atom. The molecule has 1 saturated carbocycles. The second-order valence-corrected chi connectivity index (χ2v) is 11.1. The van der Waals surface area contributed by atoms with Crippen molar-refractivity contribution in [3.05, 3.63) is 30.0 Å².